The van der Waals surface area contributed by atoms with Crippen molar-refractivity contribution in [1.82, 2.24) is 4.31 Å². The quantitative estimate of drug-likeness (QED) is 0.566. The lowest BCUT2D eigenvalue weighted by atomic mass is 9.99. The Morgan fingerprint density at radius 1 is 1.04 bits per heavy atom. The number of aryl methyl sites for hydroxylation is 1. The second-order valence-electron chi connectivity index (χ2n) is 6.35. The zero-order valence-electron chi connectivity index (χ0n) is 14.7. The molecule has 1 heterocycles. The Kier molecular flexibility index (Phi) is 6.56. The summed E-state index contributed by atoms with van der Waals surface area (Å²) in [6, 6.07) is 14.9. The Hall–Kier alpha value is -0.870. The number of piperazine rings is 1. The molecule has 0 saturated carbocycles. The van der Waals surface area contributed by atoms with Crippen LogP contribution in [0.15, 0.2) is 42.5 Å². The molecule has 134 valence electrons. The molecule has 1 saturated heterocycles. The number of halogens is 2. The zero-order chi connectivity index (χ0) is 17.8. The number of nitrogens with zero attached hydrogens (tertiary/aromatic N) is 2. The van der Waals surface area contributed by atoms with Crippen molar-refractivity contribution in [2.45, 2.75) is 25.8 Å². The largest absolute Gasteiger partial charge is 0.362 e. The van der Waals surface area contributed by atoms with E-state index in [9.17, 15) is 0 Å². The third-order valence-electron chi connectivity index (χ3n) is 4.73. The molecule has 0 amide bonds. The second kappa shape index (κ2) is 8.68. The van der Waals surface area contributed by atoms with E-state index in [4.69, 9.17) is 23.2 Å². The topological polar surface area (TPSA) is 6.48 Å². The molecule has 2 nitrogen and oxygen atoms in total. The van der Waals surface area contributed by atoms with Crippen molar-refractivity contribution < 1.29 is 0 Å². The summed E-state index contributed by atoms with van der Waals surface area (Å²) < 4.78 is 2.44. The van der Waals surface area contributed by atoms with E-state index in [1.165, 1.54) is 16.8 Å². The van der Waals surface area contributed by atoms with Crippen LogP contribution in [-0.2, 0) is 6.42 Å². The third-order valence-corrected chi connectivity index (χ3v) is 6.06. The minimum Gasteiger partial charge on any atom is -0.362 e. The average molecular weight is 395 g/mol. The fourth-order valence-electron chi connectivity index (χ4n) is 3.49. The normalized spacial score (nSPS) is 18.6. The van der Waals surface area contributed by atoms with Crippen LogP contribution in [0.4, 0.5) is 5.69 Å². The number of hydrogen-bond donors (Lipinski definition) is 0. The summed E-state index contributed by atoms with van der Waals surface area (Å²) in [5.74, 6) is 0. The molecule has 1 atom stereocenters. The molecular formula is C20H24Cl2N2S. The first-order chi connectivity index (χ1) is 12.1. The van der Waals surface area contributed by atoms with Gasteiger partial charge in [0.2, 0.25) is 0 Å². The van der Waals surface area contributed by atoms with Gasteiger partial charge >= 0.3 is 0 Å². The second-order valence-corrected chi connectivity index (χ2v) is 8.11. The summed E-state index contributed by atoms with van der Waals surface area (Å²) in [5.41, 5.74) is 3.96. The molecule has 0 radical (unpaired) electrons. The Labute approximate surface area is 165 Å². The van der Waals surface area contributed by atoms with E-state index in [-0.39, 0.29) is 0 Å². The van der Waals surface area contributed by atoms with Crippen molar-refractivity contribution in [2.24, 2.45) is 0 Å². The highest BCUT2D eigenvalue weighted by molar-refractivity contribution is 7.96. The predicted octanol–water partition coefficient (Wildman–Crippen LogP) is 6.09. The molecule has 5 heteroatoms. The predicted molar refractivity (Wildman–Crippen MR) is 112 cm³/mol. The Morgan fingerprint density at radius 3 is 2.44 bits per heavy atom. The summed E-state index contributed by atoms with van der Waals surface area (Å²) in [6.07, 6.45) is 4.31. The third kappa shape index (κ3) is 4.46. The summed E-state index contributed by atoms with van der Waals surface area (Å²) in [6.45, 7) is 5.27. The van der Waals surface area contributed by atoms with Gasteiger partial charge in [0.1, 0.15) is 0 Å². The molecule has 2 aromatic rings. The van der Waals surface area contributed by atoms with E-state index < -0.39 is 0 Å². The maximum absolute atomic E-state index is 6.26. The van der Waals surface area contributed by atoms with Gasteiger partial charge in [-0.1, -0.05) is 60.6 Å². The fourth-order valence-corrected chi connectivity index (χ4v) is 4.36. The standard InChI is InChI=1S/C20H24Cl2N2S/c1-3-4-16-13-18(22)9-10-19(16)24-12-11-23(25-2)14-20(24)15-5-7-17(21)8-6-15/h5-10,13,20H,3-4,11-12,14H2,1-2H3. The summed E-state index contributed by atoms with van der Waals surface area (Å²) in [7, 11) is 0. The molecular weight excluding hydrogens is 371 g/mol. The Balaban J connectivity index is 1.98. The van der Waals surface area contributed by atoms with Crippen LogP contribution in [0.25, 0.3) is 0 Å². The first kappa shape index (κ1) is 18.9. The van der Waals surface area contributed by atoms with E-state index in [1.807, 2.05) is 30.1 Å². The van der Waals surface area contributed by atoms with Gasteiger partial charge in [0.25, 0.3) is 0 Å². The average Bonchev–Trinajstić information content (AvgIpc) is 2.63. The van der Waals surface area contributed by atoms with Crippen LogP contribution in [0.2, 0.25) is 10.0 Å². The van der Waals surface area contributed by atoms with Gasteiger partial charge in [-0.2, -0.15) is 0 Å². The van der Waals surface area contributed by atoms with E-state index in [2.05, 4.69) is 46.7 Å². The number of hydrogen-bond acceptors (Lipinski definition) is 3. The van der Waals surface area contributed by atoms with Crippen LogP contribution < -0.4 is 4.90 Å². The molecule has 25 heavy (non-hydrogen) atoms. The van der Waals surface area contributed by atoms with Gasteiger partial charge < -0.3 is 4.90 Å². The first-order valence-corrected chi connectivity index (χ1v) is 10.7. The molecule has 1 unspecified atom stereocenters. The van der Waals surface area contributed by atoms with E-state index >= 15 is 0 Å². The van der Waals surface area contributed by atoms with Gasteiger partial charge in [0, 0.05) is 35.4 Å². The van der Waals surface area contributed by atoms with Gasteiger partial charge in [0.05, 0.1) is 6.04 Å². The van der Waals surface area contributed by atoms with Crippen molar-refractivity contribution in [3.8, 4) is 0 Å². The SMILES string of the molecule is CCCc1cc(Cl)ccc1N1CCN(SC)CC1c1ccc(Cl)cc1. The van der Waals surface area contributed by atoms with E-state index in [0.29, 0.717) is 6.04 Å². The van der Waals surface area contributed by atoms with Gasteiger partial charge in [-0.15, -0.1) is 0 Å². The minimum atomic E-state index is 0.315. The molecule has 3 rings (SSSR count). The number of anilines is 1. The lowest BCUT2D eigenvalue weighted by Crippen LogP contribution is -2.46. The maximum atomic E-state index is 6.26. The molecule has 2 aromatic carbocycles. The van der Waals surface area contributed by atoms with Gasteiger partial charge in [0.15, 0.2) is 0 Å². The van der Waals surface area contributed by atoms with Crippen molar-refractivity contribution in [3.63, 3.8) is 0 Å². The van der Waals surface area contributed by atoms with E-state index in [0.717, 1.165) is 42.5 Å². The molecule has 1 fully saturated rings. The van der Waals surface area contributed by atoms with Crippen LogP contribution in [0.5, 0.6) is 0 Å². The van der Waals surface area contributed by atoms with E-state index in [1.54, 1.807) is 0 Å². The lowest BCUT2D eigenvalue weighted by Gasteiger charge is -2.43. The van der Waals surface area contributed by atoms with Crippen LogP contribution in [0.1, 0.15) is 30.5 Å². The monoisotopic (exact) mass is 394 g/mol. The Bertz CT molecular complexity index is 705. The highest BCUT2D eigenvalue weighted by Crippen LogP contribution is 2.36. The molecule has 1 aliphatic heterocycles. The summed E-state index contributed by atoms with van der Waals surface area (Å²) in [5, 5.41) is 1.60. The zero-order valence-corrected chi connectivity index (χ0v) is 17.0. The van der Waals surface area contributed by atoms with Crippen molar-refractivity contribution in [3.05, 3.63) is 63.6 Å². The molecule has 0 bridgehead atoms. The van der Waals surface area contributed by atoms with Gasteiger partial charge in [-0.25, -0.2) is 4.31 Å². The Morgan fingerprint density at radius 2 is 1.76 bits per heavy atom. The maximum Gasteiger partial charge on any atom is 0.0679 e. The number of rotatable bonds is 5. The fraction of sp³-hybridized carbons (Fsp3) is 0.400. The van der Waals surface area contributed by atoms with Crippen LogP contribution in [0, 0.1) is 0 Å². The minimum absolute atomic E-state index is 0.315. The van der Waals surface area contributed by atoms with Gasteiger partial charge in [-0.05, 0) is 54.1 Å². The van der Waals surface area contributed by atoms with Crippen molar-refractivity contribution in [1.29, 1.82) is 0 Å². The molecule has 1 aliphatic rings. The molecule has 0 spiro atoms. The smallest absolute Gasteiger partial charge is 0.0679 e. The highest BCUT2D eigenvalue weighted by Gasteiger charge is 2.29. The summed E-state index contributed by atoms with van der Waals surface area (Å²) >= 11 is 14.2. The highest BCUT2D eigenvalue weighted by atomic mass is 35.5. The molecule has 0 aliphatic carbocycles. The van der Waals surface area contributed by atoms with Crippen molar-refractivity contribution >= 4 is 40.8 Å². The van der Waals surface area contributed by atoms with Gasteiger partial charge in [-0.3, -0.25) is 0 Å². The van der Waals surface area contributed by atoms with Crippen LogP contribution in [-0.4, -0.2) is 30.2 Å². The van der Waals surface area contributed by atoms with Crippen molar-refractivity contribution in [2.75, 3.05) is 30.8 Å². The molecule has 0 N–H and O–H groups in total. The summed E-state index contributed by atoms with van der Waals surface area (Å²) in [4.78, 5) is 2.54. The lowest BCUT2D eigenvalue weighted by molar-refractivity contribution is 0.366. The number of benzene rings is 2. The van der Waals surface area contributed by atoms with Crippen LogP contribution >= 0.6 is 35.1 Å². The first-order valence-electron chi connectivity index (χ1n) is 8.72. The van der Waals surface area contributed by atoms with Crippen LogP contribution in [0.3, 0.4) is 0 Å². The molecule has 0 aromatic heterocycles.